The summed E-state index contributed by atoms with van der Waals surface area (Å²) in [6.07, 6.45) is 2.45. The summed E-state index contributed by atoms with van der Waals surface area (Å²) in [5, 5.41) is 3.34. The second-order valence-corrected chi connectivity index (χ2v) is 7.22. The molecule has 3 rings (SSSR count). The standard InChI is InChI=1S/C17H21N3O2S/c1-11-6-5-7-12(2)15(11)18-14(21)10-13-16(22)19-17(23-13)20-8-3-4-9-20/h5-7,13H,3-4,8-10H2,1-2H3,(H,18,21). The molecule has 0 aliphatic carbocycles. The Morgan fingerprint density at radius 3 is 2.61 bits per heavy atom. The van der Waals surface area contributed by atoms with Gasteiger partial charge in [-0.05, 0) is 37.8 Å². The Hall–Kier alpha value is -1.82. The molecule has 0 bridgehead atoms. The predicted molar refractivity (Wildman–Crippen MR) is 93.8 cm³/mol. The van der Waals surface area contributed by atoms with Crippen molar-refractivity contribution in [3.05, 3.63) is 29.3 Å². The number of amides is 2. The van der Waals surface area contributed by atoms with Crippen molar-refractivity contribution in [3.8, 4) is 0 Å². The quantitative estimate of drug-likeness (QED) is 0.925. The molecule has 1 aromatic rings. The van der Waals surface area contributed by atoms with Gasteiger partial charge in [-0.15, -0.1) is 0 Å². The third-order valence-electron chi connectivity index (χ3n) is 4.22. The highest BCUT2D eigenvalue weighted by atomic mass is 32.2. The van der Waals surface area contributed by atoms with Gasteiger partial charge in [0.2, 0.25) is 5.91 Å². The number of nitrogens with zero attached hydrogens (tertiary/aromatic N) is 2. The summed E-state index contributed by atoms with van der Waals surface area (Å²) in [6.45, 7) is 5.85. The molecule has 0 aromatic heterocycles. The van der Waals surface area contributed by atoms with Crippen molar-refractivity contribution in [2.24, 2.45) is 4.99 Å². The number of hydrogen-bond donors (Lipinski definition) is 1. The van der Waals surface area contributed by atoms with Crippen LogP contribution < -0.4 is 5.32 Å². The summed E-state index contributed by atoms with van der Waals surface area (Å²) in [5.41, 5.74) is 2.89. The second-order valence-electron chi connectivity index (χ2n) is 6.05. The van der Waals surface area contributed by atoms with Crippen LogP contribution in [0.1, 0.15) is 30.4 Å². The van der Waals surface area contributed by atoms with Gasteiger partial charge in [-0.25, -0.2) is 0 Å². The molecule has 1 atom stereocenters. The minimum absolute atomic E-state index is 0.133. The number of likely N-dealkylation sites (tertiary alicyclic amines) is 1. The van der Waals surface area contributed by atoms with Crippen molar-refractivity contribution < 1.29 is 9.59 Å². The molecule has 6 heteroatoms. The summed E-state index contributed by atoms with van der Waals surface area (Å²) in [5.74, 6) is -0.320. The number of thioether (sulfide) groups is 1. The van der Waals surface area contributed by atoms with E-state index in [0.29, 0.717) is 0 Å². The van der Waals surface area contributed by atoms with E-state index in [1.807, 2.05) is 32.0 Å². The number of aryl methyl sites for hydroxylation is 2. The lowest BCUT2D eigenvalue weighted by Crippen LogP contribution is -2.25. The van der Waals surface area contributed by atoms with Gasteiger partial charge >= 0.3 is 0 Å². The number of para-hydroxylation sites is 1. The molecule has 2 heterocycles. The molecule has 5 nitrogen and oxygen atoms in total. The van der Waals surface area contributed by atoms with E-state index in [-0.39, 0.29) is 18.2 Å². The van der Waals surface area contributed by atoms with Crippen molar-refractivity contribution >= 4 is 34.4 Å². The Bertz CT molecular complexity index is 646. The minimum atomic E-state index is -0.394. The third kappa shape index (κ3) is 3.58. The molecular formula is C17H21N3O2S. The highest BCUT2D eigenvalue weighted by molar-refractivity contribution is 8.15. The lowest BCUT2D eigenvalue weighted by Gasteiger charge is -2.16. The SMILES string of the molecule is Cc1cccc(C)c1NC(=O)CC1SC(N2CCCC2)=NC1=O. The number of amidine groups is 1. The zero-order valence-corrected chi connectivity index (χ0v) is 14.3. The molecule has 2 amide bonds. The summed E-state index contributed by atoms with van der Waals surface area (Å²) in [4.78, 5) is 30.6. The Balaban J connectivity index is 1.60. The van der Waals surface area contributed by atoms with Crippen LogP contribution in [0.4, 0.5) is 5.69 Å². The normalized spacial score (nSPS) is 20.8. The van der Waals surface area contributed by atoms with Gasteiger partial charge in [0, 0.05) is 25.2 Å². The van der Waals surface area contributed by atoms with E-state index in [1.54, 1.807) is 0 Å². The van der Waals surface area contributed by atoms with Crippen LogP contribution in [0.15, 0.2) is 23.2 Å². The zero-order chi connectivity index (χ0) is 16.4. The van der Waals surface area contributed by atoms with Gasteiger partial charge in [0.1, 0.15) is 5.25 Å². The molecule has 1 aromatic carbocycles. The molecule has 0 radical (unpaired) electrons. The fourth-order valence-electron chi connectivity index (χ4n) is 2.92. The van der Waals surface area contributed by atoms with Crippen LogP contribution in [0, 0.1) is 13.8 Å². The van der Waals surface area contributed by atoms with Gasteiger partial charge in [-0.1, -0.05) is 30.0 Å². The monoisotopic (exact) mass is 331 g/mol. The van der Waals surface area contributed by atoms with Crippen molar-refractivity contribution in [2.75, 3.05) is 18.4 Å². The van der Waals surface area contributed by atoms with Crippen molar-refractivity contribution in [3.63, 3.8) is 0 Å². The summed E-state index contributed by atoms with van der Waals surface area (Å²) < 4.78 is 0. The average molecular weight is 331 g/mol. The van der Waals surface area contributed by atoms with Gasteiger partial charge < -0.3 is 10.2 Å². The zero-order valence-electron chi connectivity index (χ0n) is 13.5. The molecule has 2 aliphatic rings. The number of aliphatic imine (C=N–C) groups is 1. The number of benzene rings is 1. The lowest BCUT2D eigenvalue weighted by atomic mass is 10.1. The maximum atomic E-state index is 12.3. The van der Waals surface area contributed by atoms with Crippen LogP contribution in [-0.2, 0) is 9.59 Å². The van der Waals surface area contributed by atoms with E-state index < -0.39 is 5.25 Å². The van der Waals surface area contributed by atoms with Crippen LogP contribution >= 0.6 is 11.8 Å². The number of carbonyl (C=O) groups excluding carboxylic acids is 2. The molecule has 122 valence electrons. The number of anilines is 1. The molecule has 2 aliphatic heterocycles. The molecule has 23 heavy (non-hydrogen) atoms. The van der Waals surface area contributed by atoms with Crippen LogP contribution in [0.2, 0.25) is 0 Å². The summed E-state index contributed by atoms with van der Waals surface area (Å²) in [7, 11) is 0. The Kier molecular flexibility index (Phi) is 4.71. The maximum Gasteiger partial charge on any atom is 0.262 e. The number of carbonyl (C=O) groups is 2. The van der Waals surface area contributed by atoms with E-state index in [2.05, 4.69) is 15.2 Å². The van der Waals surface area contributed by atoms with Gasteiger partial charge in [-0.3, -0.25) is 9.59 Å². The van der Waals surface area contributed by atoms with Crippen LogP contribution in [0.5, 0.6) is 0 Å². The van der Waals surface area contributed by atoms with Crippen LogP contribution in [0.25, 0.3) is 0 Å². The van der Waals surface area contributed by atoms with E-state index in [0.717, 1.165) is 47.9 Å². The first-order chi connectivity index (χ1) is 11.0. The lowest BCUT2D eigenvalue weighted by molar-refractivity contribution is -0.121. The van der Waals surface area contributed by atoms with Crippen LogP contribution in [-0.4, -0.2) is 40.2 Å². The second kappa shape index (κ2) is 6.74. The van der Waals surface area contributed by atoms with Crippen molar-refractivity contribution in [1.82, 2.24) is 4.90 Å². The fraction of sp³-hybridized carbons (Fsp3) is 0.471. The first kappa shape index (κ1) is 16.1. The number of rotatable bonds is 3. The Morgan fingerprint density at radius 2 is 1.96 bits per heavy atom. The molecule has 1 saturated heterocycles. The fourth-order valence-corrected chi connectivity index (χ4v) is 4.04. The van der Waals surface area contributed by atoms with Gasteiger partial charge in [0.05, 0.1) is 0 Å². The number of hydrogen-bond acceptors (Lipinski definition) is 4. The molecule has 1 N–H and O–H groups in total. The first-order valence-electron chi connectivity index (χ1n) is 7.95. The van der Waals surface area contributed by atoms with E-state index in [9.17, 15) is 9.59 Å². The molecule has 0 spiro atoms. The molecule has 0 saturated carbocycles. The molecule has 1 unspecified atom stereocenters. The van der Waals surface area contributed by atoms with E-state index in [1.165, 1.54) is 11.8 Å². The van der Waals surface area contributed by atoms with Crippen LogP contribution in [0.3, 0.4) is 0 Å². The van der Waals surface area contributed by atoms with Gasteiger partial charge in [0.25, 0.3) is 5.91 Å². The minimum Gasteiger partial charge on any atom is -0.351 e. The Morgan fingerprint density at radius 1 is 1.30 bits per heavy atom. The first-order valence-corrected chi connectivity index (χ1v) is 8.83. The summed E-state index contributed by atoms with van der Waals surface area (Å²) in [6, 6.07) is 5.90. The van der Waals surface area contributed by atoms with Gasteiger partial charge in [0.15, 0.2) is 5.17 Å². The van der Waals surface area contributed by atoms with E-state index >= 15 is 0 Å². The third-order valence-corrected chi connectivity index (χ3v) is 5.43. The van der Waals surface area contributed by atoms with Gasteiger partial charge in [-0.2, -0.15) is 4.99 Å². The highest BCUT2D eigenvalue weighted by Gasteiger charge is 2.33. The predicted octanol–water partition coefficient (Wildman–Crippen LogP) is 2.73. The summed E-state index contributed by atoms with van der Waals surface area (Å²) >= 11 is 1.43. The smallest absolute Gasteiger partial charge is 0.262 e. The van der Waals surface area contributed by atoms with Crippen molar-refractivity contribution in [2.45, 2.75) is 38.4 Å². The maximum absolute atomic E-state index is 12.3. The molecule has 1 fully saturated rings. The van der Waals surface area contributed by atoms with E-state index in [4.69, 9.17) is 0 Å². The number of nitrogens with one attached hydrogen (secondary N) is 1. The van der Waals surface area contributed by atoms with Crippen molar-refractivity contribution in [1.29, 1.82) is 0 Å². The molecular weight excluding hydrogens is 310 g/mol. The Labute approximate surface area is 140 Å². The topological polar surface area (TPSA) is 61.8 Å². The highest BCUT2D eigenvalue weighted by Crippen LogP contribution is 2.29. The average Bonchev–Trinajstić information content (AvgIpc) is 3.14. The largest absolute Gasteiger partial charge is 0.351 e.